The van der Waals surface area contributed by atoms with Crippen molar-refractivity contribution < 1.29 is 9.72 Å². The molecule has 0 spiro atoms. The van der Waals surface area contributed by atoms with E-state index in [4.69, 9.17) is 0 Å². The predicted octanol–water partition coefficient (Wildman–Crippen LogP) is 4.59. The van der Waals surface area contributed by atoms with E-state index >= 15 is 0 Å². The smallest absolute Gasteiger partial charge is 0.270 e. The summed E-state index contributed by atoms with van der Waals surface area (Å²) in [6.07, 6.45) is 0. The summed E-state index contributed by atoms with van der Waals surface area (Å²) < 4.78 is 1.54. The third-order valence-electron chi connectivity index (χ3n) is 4.69. The maximum atomic E-state index is 13.1. The van der Waals surface area contributed by atoms with Crippen LogP contribution in [0, 0.1) is 24.0 Å². The van der Waals surface area contributed by atoms with E-state index in [1.165, 1.54) is 22.9 Å². The van der Waals surface area contributed by atoms with Crippen LogP contribution in [0.2, 0.25) is 0 Å². The molecule has 0 aliphatic carbocycles. The lowest BCUT2D eigenvalue weighted by Gasteiger charge is -2.12. The molecule has 10 heteroatoms. The lowest BCUT2D eigenvalue weighted by Crippen LogP contribution is -2.14. The first-order valence-electron chi connectivity index (χ1n) is 9.61. The molecule has 0 saturated carbocycles. The van der Waals surface area contributed by atoms with Crippen molar-refractivity contribution in [2.24, 2.45) is 0 Å². The van der Waals surface area contributed by atoms with Crippen LogP contribution in [0.4, 0.5) is 11.4 Å². The van der Waals surface area contributed by atoms with Gasteiger partial charge in [-0.3, -0.25) is 14.9 Å². The zero-order valence-corrected chi connectivity index (χ0v) is 18.0. The maximum absolute atomic E-state index is 13.1. The van der Waals surface area contributed by atoms with Gasteiger partial charge in [-0.05, 0) is 65.9 Å². The number of hydrogen-bond acceptors (Lipinski definition) is 7. The molecule has 1 aromatic heterocycles. The van der Waals surface area contributed by atoms with Gasteiger partial charge in [-0.15, -0.1) is 5.10 Å². The number of hydrogen-bond donors (Lipinski definition) is 1. The van der Waals surface area contributed by atoms with E-state index in [0.717, 1.165) is 28.6 Å². The quantitative estimate of drug-likeness (QED) is 0.340. The zero-order valence-electron chi connectivity index (χ0n) is 17.2. The van der Waals surface area contributed by atoms with Gasteiger partial charge in [0, 0.05) is 22.7 Å². The maximum Gasteiger partial charge on any atom is 0.270 e. The van der Waals surface area contributed by atoms with E-state index in [1.807, 2.05) is 62.4 Å². The lowest BCUT2D eigenvalue weighted by atomic mass is 10.1. The van der Waals surface area contributed by atoms with Crippen molar-refractivity contribution in [1.82, 2.24) is 20.2 Å². The highest BCUT2D eigenvalue weighted by molar-refractivity contribution is 7.99. The number of carbonyl (C=O) groups excluding carboxylic acids is 1. The Morgan fingerprint density at radius 3 is 2.56 bits per heavy atom. The Bertz CT molecular complexity index is 1310. The highest BCUT2D eigenvalue weighted by atomic mass is 32.2. The van der Waals surface area contributed by atoms with E-state index in [-0.39, 0.29) is 11.3 Å². The number of aromatic nitrogens is 4. The van der Waals surface area contributed by atoms with Crippen molar-refractivity contribution >= 4 is 29.0 Å². The summed E-state index contributed by atoms with van der Waals surface area (Å²) in [6.45, 7) is 3.85. The van der Waals surface area contributed by atoms with E-state index in [9.17, 15) is 14.9 Å². The number of aryl methyl sites for hydroxylation is 2. The average molecular weight is 446 g/mol. The number of carbonyl (C=O) groups is 1. The van der Waals surface area contributed by atoms with E-state index in [0.29, 0.717) is 15.7 Å². The molecule has 0 aliphatic rings. The zero-order chi connectivity index (χ0) is 22.7. The number of nitro benzene ring substituents is 1. The number of rotatable bonds is 6. The minimum atomic E-state index is -0.531. The third-order valence-corrected chi connectivity index (χ3v) is 5.70. The van der Waals surface area contributed by atoms with Crippen molar-refractivity contribution in [2.45, 2.75) is 23.9 Å². The molecule has 4 rings (SSSR count). The molecule has 0 fully saturated rings. The fourth-order valence-corrected chi connectivity index (χ4v) is 4.01. The molecule has 1 amide bonds. The number of tetrazole rings is 1. The predicted molar refractivity (Wildman–Crippen MR) is 120 cm³/mol. The summed E-state index contributed by atoms with van der Waals surface area (Å²) in [5, 5.41) is 26.4. The average Bonchev–Trinajstić information content (AvgIpc) is 3.24. The van der Waals surface area contributed by atoms with Gasteiger partial charge in [0.15, 0.2) is 0 Å². The van der Waals surface area contributed by atoms with Crippen molar-refractivity contribution in [3.8, 4) is 5.69 Å². The molecular formula is C22H18N6O3S. The van der Waals surface area contributed by atoms with Crippen molar-refractivity contribution in [3.05, 3.63) is 93.5 Å². The van der Waals surface area contributed by atoms with E-state index < -0.39 is 10.8 Å². The van der Waals surface area contributed by atoms with Crippen molar-refractivity contribution in [1.29, 1.82) is 0 Å². The number of anilines is 1. The molecule has 0 atom stereocenters. The van der Waals surface area contributed by atoms with Gasteiger partial charge in [0.25, 0.3) is 11.6 Å². The summed E-state index contributed by atoms with van der Waals surface area (Å²) in [5.41, 5.74) is 3.33. The molecule has 0 radical (unpaired) electrons. The molecule has 4 aromatic rings. The number of benzene rings is 3. The molecule has 9 nitrogen and oxygen atoms in total. The SMILES string of the molecule is Cc1ccc(NC(=O)c2cc([N+](=O)[O-])ccc2Sc2nnnn2-c2ccccc2)c(C)c1. The van der Waals surface area contributed by atoms with Gasteiger partial charge in [0.1, 0.15) is 0 Å². The van der Waals surface area contributed by atoms with Crippen molar-refractivity contribution in [3.63, 3.8) is 0 Å². The highest BCUT2D eigenvalue weighted by Gasteiger charge is 2.20. The first-order chi connectivity index (χ1) is 15.4. The summed E-state index contributed by atoms with van der Waals surface area (Å²) in [4.78, 5) is 24.4. The van der Waals surface area contributed by atoms with Gasteiger partial charge in [0.2, 0.25) is 5.16 Å². The molecule has 0 unspecified atom stereocenters. The van der Waals surface area contributed by atoms with Crippen LogP contribution >= 0.6 is 11.8 Å². The summed E-state index contributed by atoms with van der Waals surface area (Å²) >= 11 is 1.15. The van der Waals surface area contributed by atoms with Gasteiger partial charge in [-0.2, -0.15) is 4.68 Å². The molecule has 0 bridgehead atoms. The standard InChI is InChI=1S/C22H18N6O3S/c1-14-8-10-19(15(2)12-14)23-21(29)18-13-17(28(30)31)9-11-20(18)32-22-24-25-26-27(22)16-6-4-3-5-7-16/h3-13H,1-2H3,(H,23,29). The Morgan fingerprint density at radius 2 is 1.84 bits per heavy atom. The molecule has 3 aromatic carbocycles. The second-order valence-corrected chi connectivity index (χ2v) is 8.03. The van der Waals surface area contributed by atoms with Gasteiger partial charge in [0.05, 0.1) is 16.2 Å². The van der Waals surface area contributed by atoms with Crippen LogP contribution in [-0.4, -0.2) is 31.0 Å². The largest absolute Gasteiger partial charge is 0.322 e. The minimum absolute atomic E-state index is 0.159. The second kappa shape index (κ2) is 8.98. The van der Waals surface area contributed by atoms with Gasteiger partial charge < -0.3 is 5.32 Å². The molecule has 1 N–H and O–H groups in total. The number of para-hydroxylation sites is 1. The molecule has 0 aliphatic heterocycles. The molecule has 0 saturated heterocycles. The first-order valence-corrected chi connectivity index (χ1v) is 10.4. The van der Waals surface area contributed by atoms with Gasteiger partial charge >= 0.3 is 0 Å². The number of nitrogens with one attached hydrogen (secondary N) is 1. The Hall–Kier alpha value is -4.05. The van der Waals surface area contributed by atoms with Crippen LogP contribution in [-0.2, 0) is 0 Å². The van der Waals surface area contributed by atoms with E-state index in [1.54, 1.807) is 0 Å². The Morgan fingerprint density at radius 1 is 1.06 bits per heavy atom. The van der Waals surface area contributed by atoms with Crippen LogP contribution in [0.1, 0.15) is 21.5 Å². The highest BCUT2D eigenvalue weighted by Crippen LogP contribution is 2.33. The van der Waals surface area contributed by atoms with Gasteiger partial charge in [-0.25, -0.2) is 0 Å². The summed E-state index contributed by atoms with van der Waals surface area (Å²) in [6, 6.07) is 19.1. The number of amides is 1. The first kappa shape index (κ1) is 21.2. The topological polar surface area (TPSA) is 116 Å². The molecular weight excluding hydrogens is 428 g/mol. The number of nitrogens with zero attached hydrogens (tertiary/aromatic N) is 5. The summed E-state index contributed by atoms with van der Waals surface area (Å²) in [5.74, 6) is -0.457. The summed E-state index contributed by atoms with van der Waals surface area (Å²) in [7, 11) is 0. The Kier molecular flexibility index (Phi) is 5.95. The normalized spacial score (nSPS) is 10.7. The third kappa shape index (κ3) is 4.49. The minimum Gasteiger partial charge on any atom is -0.322 e. The Balaban J connectivity index is 1.70. The number of non-ortho nitro benzene ring substituents is 1. The van der Waals surface area contributed by atoms with Crippen LogP contribution < -0.4 is 5.32 Å². The van der Waals surface area contributed by atoms with Crippen LogP contribution in [0.3, 0.4) is 0 Å². The Labute approximate surface area is 187 Å². The van der Waals surface area contributed by atoms with Crippen molar-refractivity contribution in [2.75, 3.05) is 5.32 Å². The monoisotopic (exact) mass is 446 g/mol. The number of nitro groups is 1. The van der Waals surface area contributed by atoms with Crippen LogP contribution in [0.15, 0.2) is 76.8 Å². The molecule has 1 heterocycles. The lowest BCUT2D eigenvalue weighted by molar-refractivity contribution is -0.384. The fraction of sp³-hybridized carbons (Fsp3) is 0.0909. The fourth-order valence-electron chi connectivity index (χ4n) is 3.11. The molecule has 32 heavy (non-hydrogen) atoms. The van der Waals surface area contributed by atoms with E-state index in [2.05, 4.69) is 20.8 Å². The van der Waals surface area contributed by atoms with Crippen LogP contribution in [0.5, 0.6) is 0 Å². The van der Waals surface area contributed by atoms with Gasteiger partial charge in [-0.1, -0.05) is 35.9 Å². The molecule has 160 valence electrons. The van der Waals surface area contributed by atoms with Crippen LogP contribution in [0.25, 0.3) is 5.69 Å². The second-order valence-electron chi connectivity index (χ2n) is 7.02.